The number of carboxylic acid groups (broad SMARTS) is 1. The Morgan fingerprint density at radius 3 is 3.10 bits per heavy atom. The van der Waals surface area contributed by atoms with E-state index >= 15 is 0 Å². The summed E-state index contributed by atoms with van der Waals surface area (Å²) in [4.78, 5) is 18.0. The number of nitrogens with zero attached hydrogens (tertiary/aromatic N) is 4. The number of aliphatic carboxylic acids is 1. The van der Waals surface area contributed by atoms with Gasteiger partial charge in [0.1, 0.15) is 18.2 Å². The molecule has 3 rings (SSSR count). The number of hydrogen-bond donors (Lipinski definition) is 1. The fourth-order valence-corrected chi connectivity index (χ4v) is 3.89. The first-order chi connectivity index (χ1) is 9.70. The summed E-state index contributed by atoms with van der Waals surface area (Å²) >= 11 is 0. The minimum atomic E-state index is -0.680. The number of fused-ring (bicyclic) bond motifs is 1. The smallest absolute Gasteiger partial charge is 0.321 e. The number of rotatable bonds is 5. The highest BCUT2D eigenvalue weighted by Gasteiger charge is 2.47. The van der Waals surface area contributed by atoms with Gasteiger partial charge in [0.25, 0.3) is 0 Å². The lowest BCUT2D eigenvalue weighted by Crippen LogP contribution is -2.39. The molecule has 2 heterocycles. The molecule has 0 amide bonds. The van der Waals surface area contributed by atoms with E-state index in [1.807, 2.05) is 4.68 Å². The van der Waals surface area contributed by atoms with Crippen molar-refractivity contribution in [3.63, 3.8) is 0 Å². The number of carbonyl (C=O) groups is 1. The summed E-state index contributed by atoms with van der Waals surface area (Å²) in [6, 6.07) is -0.339. The predicted molar refractivity (Wildman–Crippen MR) is 73.0 cm³/mol. The molecule has 1 saturated carbocycles. The van der Waals surface area contributed by atoms with Crippen LogP contribution in [-0.2, 0) is 17.9 Å². The molecule has 1 aromatic rings. The molecule has 1 saturated heterocycles. The highest BCUT2D eigenvalue weighted by atomic mass is 16.4. The monoisotopic (exact) mass is 278 g/mol. The molecule has 1 N–H and O–H groups in total. The van der Waals surface area contributed by atoms with Crippen LogP contribution in [0.2, 0.25) is 0 Å². The van der Waals surface area contributed by atoms with Crippen molar-refractivity contribution >= 4 is 5.97 Å². The molecule has 1 aliphatic carbocycles. The van der Waals surface area contributed by atoms with Crippen LogP contribution in [0.25, 0.3) is 0 Å². The lowest BCUT2D eigenvalue weighted by Gasteiger charge is -2.23. The first kappa shape index (κ1) is 13.5. The zero-order valence-electron chi connectivity index (χ0n) is 11.9. The van der Waals surface area contributed by atoms with Gasteiger partial charge in [0, 0.05) is 13.1 Å². The topological polar surface area (TPSA) is 71.2 Å². The van der Waals surface area contributed by atoms with E-state index in [4.69, 9.17) is 0 Å². The van der Waals surface area contributed by atoms with Gasteiger partial charge < -0.3 is 5.11 Å². The molecule has 2 aliphatic rings. The van der Waals surface area contributed by atoms with E-state index < -0.39 is 5.97 Å². The van der Waals surface area contributed by atoms with Gasteiger partial charge in [0.15, 0.2) is 0 Å². The molecule has 0 aromatic carbocycles. The molecule has 20 heavy (non-hydrogen) atoms. The lowest BCUT2D eigenvalue weighted by atomic mass is 9.94. The van der Waals surface area contributed by atoms with Gasteiger partial charge in [-0.25, -0.2) is 9.67 Å². The molecule has 0 radical (unpaired) electrons. The standard InChI is InChI=1S/C14H22N4O2/c1-2-6-18-12(15-9-16-18)8-17-7-10-4-3-5-11(10)13(17)14(19)20/h9-11,13H,2-8H2,1H3,(H,19,20). The maximum atomic E-state index is 11.6. The van der Waals surface area contributed by atoms with Crippen LogP contribution in [-0.4, -0.2) is 43.3 Å². The van der Waals surface area contributed by atoms with Crippen molar-refractivity contribution < 1.29 is 9.90 Å². The zero-order chi connectivity index (χ0) is 14.1. The van der Waals surface area contributed by atoms with Gasteiger partial charge in [0.2, 0.25) is 0 Å². The van der Waals surface area contributed by atoms with Crippen molar-refractivity contribution in [2.45, 2.75) is 51.7 Å². The van der Waals surface area contributed by atoms with Crippen LogP contribution in [0.5, 0.6) is 0 Å². The van der Waals surface area contributed by atoms with Gasteiger partial charge in [-0.15, -0.1) is 0 Å². The molecule has 1 aromatic heterocycles. The van der Waals surface area contributed by atoms with Crippen LogP contribution >= 0.6 is 0 Å². The van der Waals surface area contributed by atoms with Gasteiger partial charge >= 0.3 is 5.97 Å². The third-order valence-corrected chi connectivity index (χ3v) is 4.71. The molecule has 110 valence electrons. The number of carboxylic acids is 1. The molecule has 3 atom stereocenters. The summed E-state index contributed by atoms with van der Waals surface area (Å²) in [5, 5.41) is 13.8. The van der Waals surface area contributed by atoms with E-state index in [9.17, 15) is 9.90 Å². The predicted octanol–water partition coefficient (Wildman–Crippen LogP) is 1.37. The molecular weight excluding hydrogens is 256 g/mol. The molecule has 0 bridgehead atoms. The van der Waals surface area contributed by atoms with E-state index in [1.165, 1.54) is 12.8 Å². The zero-order valence-corrected chi connectivity index (χ0v) is 11.9. The SMILES string of the molecule is CCCn1ncnc1CN1CC2CCCC2C1C(=O)O. The van der Waals surface area contributed by atoms with Crippen molar-refractivity contribution in [3.8, 4) is 0 Å². The second-order valence-corrected chi connectivity index (χ2v) is 5.97. The Bertz CT molecular complexity index is 487. The first-order valence-corrected chi connectivity index (χ1v) is 7.54. The number of likely N-dealkylation sites (tertiary alicyclic amines) is 1. The summed E-state index contributed by atoms with van der Waals surface area (Å²) < 4.78 is 1.90. The molecule has 3 unspecified atom stereocenters. The van der Waals surface area contributed by atoms with E-state index in [1.54, 1.807) is 6.33 Å². The largest absolute Gasteiger partial charge is 0.480 e. The Labute approximate surface area is 118 Å². The Hall–Kier alpha value is -1.43. The Morgan fingerprint density at radius 1 is 1.50 bits per heavy atom. The summed E-state index contributed by atoms with van der Waals surface area (Å²) in [6.45, 7) is 4.43. The first-order valence-electron chi connectivity index (χ1n) is 7.54. The van der Waals surface area contributed by atoms with Crippen LogP contribution in [0.4, 0.5) is 0 Å². The van der Waals surface area contributed by atoms with Crippen LogP contribution in [0.15, 0.2) is 6.33 Å². The number of hydrogen-bond acceptors (Lipinski definition) is 4. The minimum absolute atomic E-state index is 0.329. The van der Waals surface area contributed by atoms with Gasteiger partial charge in [-0.1, -0.05) is 13.3 Å². The van der Waals surface area contributed by atoms with Crippen LogP contribution in [0.1, 0.15) is 38.4 Å². The van der Waals surface area contributed by atoms with Gasteiger partial charge in [-0.3, -0.25) is 9.69 Å². The maximum Gasteiger partial charge on any atom is 0.321 e. The quantitative estimate of drug-likeness (QED) is 0.881. The van der Waals surface area contributed by atoms with Gasteiger partial charge in [-0.2, -0.15) is 5.10 Å². The summed E-state index contributed by atoms with van der Waals surface area (Å²) in [7, 11) is 0. The van der Waals surface area contributed by atoms with E-state index in [0.717, 1.165) is 31.8 Å². The van der Waals surface area contributed by atoms with Gasteiger partial charge in [0.05, 0.1) is 6.54 Å². The Balaban J connectivity index is 1.76. The average Bonchev–Trinajstić information content (AvgIpc) is 3.06. The highest BCUT2D eigenvalue weighted by Crippen LogP contribution is 2.42. The minimum Gasteiger partial charge on any atom is -0.480 e. The molecular formula is C14H22N4O2. The summed E-state index contributed by atoms with van der Waals surface area (Å²) in [5.74, 6) is 1.09. The van der Waals surface area contributed by atoms with E-state index in [2.05, 4.69) is 21.9 Å². The average molecular weight is 278 g/mol. The second kappa shape index (κ2) is 5.52. The maximum absolute atomic E-state index is 11.6. The summed E-state index contributed by atoms with van der Waals surface area (Å²) in [6.07, 6.45) is 5.98. The molecule has 2 fully saturated rings. The normalized spacial score (nSPS) is 29.8. The third-order valence-electron chi connectivity index (χ3n) is 4.71. The van der Waals surface area contributed by atoms with Crippen molar-refractivity contribution in [3.05, 3.63) is 12.2 Å². The number of aromatic nitrogens is 3. The van der Waals surface area contributed by atoms with Crippen molar-refractivity contribution in [1.82, 2.24) is 19.7 Å². The molecule has 0 spiro atoms. The van der Waals surface area contributed by atoms with Crippen LogP contribution < -0.4 is 0 Å². The Kier molecular flexibility index (Phi) is 3.74. The fourth-order valence-electron chi connectivity index (χ4n) is 3.89. The van der Waals surface area contributed by atoms with Crippen molar-refractivity contribution in [2.24, 2.45) is 11.8 Å². The summed E-state index contributed by atoms with van der Waals surface area (Å²) in [5.41, 5.74) is 0. The molecule has 6 nitrogen and oxygen atoms in total. The van der Waals surface area contributed by atoms with Crippen molar-refractivity contribution in [1.29, 1.82) is 0 Å². The van der Waals surface area contributed by atoms with E-state index in [-0.39, 0.29) is 6.04 Å². The van der Waals surface area contributed by atoms with E-state index in [0.29, 0.717) is 18.4 Å². The Morgan fingerprint density at radius 2 is 2.35 bits per heavy atom. The van der Waals surface area contributed by atoms with Crippen LogP contribution in [0.3, 0.4) is 0 Å². The number of aryl methyl sites for hydroxylation is 1. The second-order valence-electron chi connectivity index (χ2n) is 5.97. The lowest BCUT2D eigenvalue weighted by molar-refractivity contribution is -0.143. The molecule has 1 aliphatic heterocycles. The fraction of sp³-hybridized carbons (Fsp3) is 0.786. The highest BCUT2D eigenvalue weighted by molar-refractivity contribution is 5.74. The van der Waals surface area contributed by atoms with Gasteiger partial charge in [-0.05, 0) is 31.1 Å². The molecule has 6 heteroatoms. The van der Waals surface area contributed by atoms with Crippen LogP contribution in [0, 0.1) is 11.8 Å². The van der Waals surface area contributed by atoms with Crippen molar-refractivity contribution in [2.75, 3.05) is 6.54 Å². The third kappa shape index (κ3) is 2.32.